The minimum absolute atomic E-state index is 0.0118. The van der Waals surface area contributed by atoms with Crippen molar-refractivity contribution >= 4 is 33.0 Å². The zero-order valence-corrected chi connectivity index (χ0v) is 13.5. The first-order valence-corrected chi connectivity index (χ1v) is 7.64. The van der Waals surface area contributed by atoms with Gasteiger partial charge in [-0.25, -0.2) is 4.98 Å². The van der Waals surface area contributed by atoms with E-state index in [0.717, 1.165) is 15.2 Å². The van der Waals surface area contributed by atoms with Gasteiger partial charge in [-0.15, -0.1) is 11.3 Å². The molecule has 100 valence electrons. The maximum absolute atomic E-state index is 12.2. The van der Waals surface area contributed by atoms with Gasteiger partial charge in [0.2, 0.25) is 0 Å². The highest BCUT2D eigenvalue weighted by atomic mass is 79.9. The second-order valence-corrected chi connectivity index (χ2v) is 7.11. The lowest BCUT2D eigenvalue weighted by Gasteiger charge is -2.14. The summed E-state index contributed by atoms with van der Waals surface area (Å²) in [7, 11) is 0. The van der Waals surface area contributed by atoms with Crippen molar-refractivity contribution in [2.45, 2.75) is 32.6 Å². The van der Waals surface area contributed by atoms with Crippen LogP contribution in [0.15, 0.2) is 28.2 Å². The predicted octanol–water partition coefficient (Wildman–Crippen LogP) is 4.02. The Morgan fingerprint density at radius 1 is 1.42 bits per heavy atom. The molecule has 2 aromatic rings. The molecule has 0 saturated carbocycles. The Labute approximate surface area is 125 Å². The Kier molecular flexibility index (Phi) is 4.16. The predicted molar refractivity (Wildman–Crippen MR) is 80.8 cm³/mol. The first-order chi connectivity index (χ1) is 8.88. The molecule has 0 aliphatic rings. The van der Waals surface area contributed by atoms with E-state index in [1.165, 1.54) is 11.3 Å². The second kappa shape index (κ2) is 5.51. The normalized spacial score (nSPS) is 11.6. The van der Waals surface area contributed by atoms with E-state index in [1.54, 1.807) is 12.3 Å². The average molecular weight is 339 g/mol. The number of aromatic nitrogens is 2. The number of thiazole rings is 1. The molecule has 3 nitrogen and oxygen atoms in total. The monoisotopic (exact) mass is 338 g/mol. The van der Waals surface area contributed by atoms with Crippen molar-refractivity contribution in [2.24, 2.45) is 0 Å². The highest BCUT2D eigenvalue weighted by Crippen LogP contribution is 2.25. The summed E-state index contributed by atoms with van der Waals surface area (Å²) in [4.78, 5) is 20.8. The lowest BCUT2D eigenvalue weighted by atomic mass is 9.93. The number of rotatable bonds is 3. The Morgan fingerprint density at radius 2 is 2.16 bits per heavy atom. The highest BCUT2D eigenvalue weighted by molar-refractivity contribution is 9.10. The van der Waals surface area contributed by atoms with E-state index in [0.29, 0.717) is 12.1 Å². The summed E-state index contributed by atoms with van der Waals surface area (Å²) >= 11 is 4.88. The minimum atomic E-state index is -0.0118. The number of nitrogens with zero attached hydrogens (tertiary/aromatic N) is 2. The number of hydrogen-bond acceptors (Lipinski definition) is 4. The molecule has 5 heteroatoms. The Morgan fingerprint density at radius 3 is 2.74 bits per heavy atom. The van der Waals surface area contributed by atoms with Gasteiger partial charge in [-0.1, -0.05) is 20.8 Å². The van der Waals surface area contributed by atoms with Crippen molar-refractivity contribution < 1.29 is 4.79 Å². The van der Waals surface area contributed by atoms with Crippen LogP contribution in [0.5, 0.6) is 0 Å². The molecular weight excluding hydrogens is 324 g/mol. The van der Waals surface area contributed by atoms with Gasteiger partial charge in [0.15, 0.2) is 5.78 Å². The summed E-state index contributed by atoms with van der Waals surface area (Å²) in [5.74, 6) is -0.0118. The third-order valence-electron chi connectivity index (χ3n) is 2.65. The van der Waals surface area contributed by atoms with Crippen molar-refractivity contribution in [3.63, 3.8) is 0 Å². The minimum Gasteiger partial charge on any atom is -0.292 e. The molecule has 0 aliphatic heterocycles. The lowest BCUT2D eigenvalue weighted by molar-refractivity contribution is 0.0987. The van der Waals surface area contributed by atoms with Crippen LogP contribution >= 0.6 is 27.3 Å². The van der Waals surface area contributed by atoms with Gasteiger partial charge in [0.1, 0.15) is 10.7 Å². The van der Waals surface area contributed by atoms with Crippen molar-refractivity contribution in [2.75, 3.05) is 0 Å². The first-order valence-electron chi connectivity index (χ1n) is 5.96. The fraction of sp³-hybridized carbons (Fsp3) is 0.357. The van der Waals surface area contributed by atoms with E-state index in [2.05, 4.69) is 46.7 Å². The van der Waals surface area contributed by atoms with E-state index in [-0.39, 0.29) is 11.2 Å². The topological polar surface area (TPSA) is 42.9 Å². The van der Waals surface area contributed by atoms with Crippen LogP contribution in [0.25, 0.3) is 0 Å². The number of hydrogen-bond donors (Lipinski definition) is 0. The number of ketones is 1. The summed E-state index contributed by atoms with van der Waals surface area (Å²) in [6, 6.07) is 3.62. The quantitative estimate of drug-likeness (QED) is 0.793. The zero-order chi connectivity index (χ0) is 14.0. The molecule has 2 heterocycles. The molecule has 0 spiro atoms. The van der Waals surface area contributed by atoms with Crippen molar-refractivity contribution in [1.29, 1.82) is 0 Å². The molecule has 19 heavy (non-hydrogen) atoms. The van der Waals surface area contributed by atoms with Gasteiger partial charge in [0.25, 0.3) is 0 Å². The van der Waals surface area contributed by atoms with Crippen LogP contribution in [0.4, 0.5) is 0 Å². The summed E-state index contributed by atoms with van der Waals surface area (Å²) in [5.41, 5.74) is 1.51. The fourth-order valence-electron chi connectivity index (χ4n) is 1.55. The van der Waals surface area contributed by atoms with Crippen molar-refractivity contribution in [1.82, 2.24) is 9.97 Å². The maximum atomic E-state index is 12.2. The van der Waals surface area contributed by atoms with Crippen LogP contribution in [-0.4, -0.2) is 15.8 Å². The molecule has 0 aliphatic carbocycles. The van der Waals surface area contributed by atoms with E-state index < -0.39 is 0 Å². The van der Waals surface area contributed by atoms with Gasteiger partial charge in [-0.05, 0) is 28.1 Å². The van der Waals surface area contributed by atoms with E-state index in [9.17, 15) is 4.79 Å². The van der Waals surface area contributed by atoms with Gasteiger partial charge in [0.05, 0.1) is 12.1 Å². The smallest absolute Gasteiger partial charge is 0.189 e. The maximum Gasteiger partial charge on any atom is 0.189 e. The van der Waals surface area contributed by atoms with E-state index in [1.807, 2.05) is 11.4 Å². The van der Waals surface area contributed by atoms with Gasteiger partial charge in [0, 0.05) is 21.5 Å². The first kappa shape index (κ1) is 14.3. The van der Waals surface area contributed by atoms with Crippen molar-refractivity contribution in [3.05, 3.63) is 44.6 Å². The van der Waals surface area contributed by atoms with Crippen LogP contribution < -0.4 is 0 Å². The van der Waals surface area contributed by atoms with Crippen molar-refractivity contribution in [3.8, 4) is 0 Å². The van der Waals surface area contributed by atoms with Gasteiger partial charge < -0.3 is 0 Å². The van der Waals surface area contributed by atoms with Gasteiger partial charge >= 0.3 is 0 Å². The van der Waals surface area contributed by atoms with Crippen LogP contribution in [-0.2, 0) is 11.8 Å². The molecule has 0 N–H and O–H groups in total. The number of Topliss-reactive ketones (excluding diaryl/α,β-unsaturated/α-hetero) is 1. The summed E-state index contributed by atoms with van der Waals surface area (Å²) in [5, 5.41) is 2.86. The molecule has 0 bridgehead atoms. The second-order valence-electron chi connectivity index (χ2n) is 5.31. The number of halogens is 1. The molecule has 2 rings (SSSR count). The highest BCUT2D eigenvalue weighted by Gasteiger charge is 2.19. The van der Waals surface area contributed by atoms with Crippen LogP contribution in [0.1, 0.15) is 42.0 Å². The molecule has 0 atom stereocenters. The number of carbonyl (C=O) groups is 1. The average Bonchev–Trinajstić information content (AvgIpc) is 2.77. The fourth-order valence-corrected chi connectivity index (χ4v) is 3.04. The largest absolute Gasteiger partial charge is 0.292 e. The molecule has 0 aromatic carbocycles. The van der Waals surface area contributed by atoms with E-state index in [4.69, 9.17) is 0 Å². The molecule has 0 radical (unpaired) electrons. The van der Waals surface area contributed by atoms with Gasteiger partial charge in [-0.2, -0.15) is 0 Å². The molecule has 2 aromatic heterocycles. The number of carbonyl (C=O) groups excluding carboxylic acids is 1. The summed E-state index contributed by atoms with van der Waals surface area (Å²) < 4.78 is 0.729. The molecular formula is C14H15BrN2OS. The zero-order valence-electron chi connectivity index (χ0n) is 11.1. The van der Waals surface area contributed by atoms with Crippen LogP contribution in [0, 0.1) is 0 Å². The van der Waals surface area contributed by atoms with E-state index >= 15 is 0 Å². The lowest BCUT2D eigenvalue weighted by Crippen LogP contribution is -2.12. The standard InChI is InChI=1S/C14H15BrN2OS/c1-14(2,3)11-8-19-12(17-11)7-10(18)13-9(15)5-4-6-16-13/h4-6,8H,7H2,1-3H3. The summed E-state index contributed by atoms with van der Waals surface area (Å²) in [6.45, 7) is 6.34. The van der Waals surface area contributed by atoms with Crippen LogP contribution in [0.2, 0.25) is 0 Å². The SMILES string of the molecule is CC(C)(C)c1csc(CC(=O)c2ncccc2Br)n1. The molecule has 0 fully saturated rings. The molecule has 0 unspecified atom stereocenters. The third-order valence-corrected chi connectivity index (χ3v) is 4.14. The Bertz CT molecular complexity index is 601. The molecule has 0 saturated heterocycles. The van der Waals surface area contributed by atoms with Crippen LogP contribution in [0.3, 0.4) is 0 Å². The summed E-state index contributed by atoms with van der Waals surface area (Å²) in [6.07, 6.45) is 1.93. The van der Waals surface area contributed by atoms with Gasteiger partial charge in [-0.3, -0.25) is 9.78 Å². The Balaban J connectivity index is 2.16. The molecule has 0 amide bonds. The number of pyridine rings is 1. The Hall–Kier alpha value is -1.07. The third kappa shape index (κ3) is 3.48.